The monoisotopic (exact) mass is 283 g/mol. The Morgan fingerprint density at radius 3 is 2.14 bits per heavy atom. The highest BCUT2D eigenvalue weighted by atomic mass is 17.0. The van der Waals surface area contributed by atoms with Gasteiger partial charge in [0.05, 0.1) is 11.3 Å². The van der Waals surface area contributed by atoms with Crippen molar-refractivity contribution in [3.63, 3.8) is 0 Å². The van der Waals surface area contributed by atoms with Crippen LogP contribution in [0.5, 0.6) is 0 Å². The lowest BCUT2D eigenvalue weighted by molar-refractivity contribution is 0.0582. The van der Waals surface area contributed by atoms with Crippen LogP contribution in [0.3, 0.4) is 0 Å². The number of rotatable bonds is 4. The topological polar surface area (TPSA) is 69.4 Å². The number of fused-ring (bicyclic) bond motifs is 1. The summed E-state index contributed by atoms with van der Waals surface area (Å²) in [5.41, 5.74) is 10.8. The SMILES string of the molecule is CCc1c(CC)c(C(=O)c2ccccc2)c2ooc2c1N. The highest BCUT2D eigenvalue weighted by molar-refractivity contribution is 6.17. The lowest BCUT2D eigenvalue weighted by Crippen LogP contribution is -2.12. The standard InChI is InChI=1S/C17H17NO3/c1-3-11-12(4-2)14(18)17-16(20-21-17)13(11)15(19)10-8-6-5-7-9-10/h5-9H,3-4,18H2,1-2H3. The van der Waals surface area contributed by atoms with Gasteiger partial charge in [-0.25, -0.2) is 0 Å². The van der Waals surface area contributed by atoms with E-state index in [2.05, 4.69) is 0 Å². The summed E-state index contributed by atoms with van der Waals surface area (Å²) in [6.07, 6.45) is 1.47. The molecule has 3 aromatic rings. The van der Waals surface area contributed by atoms with Gasteiger partial charge in [-0.2, -0.15) is 0 Å². The summed E-state index contributed by atoms with van der Waals surface area (Å²) in [5, 5.41) is 0. The molecule has 0 amide bonds. The molecular weight excluding hydrogens is 266 g/mol. The number of benzene rings is 2. The first kappa shape index (κ1) is 13.5. The maximum Gasteiger partial charge on any atom is 0.249 e. The normalized spacial score (nSPS) is 11.1. The molecule has 3 rings (SSSR count). The summed E-state index contributed by atoms with van der Waals surface area (Å²) < 4.78 is 10.1. The van der Waals surface area contributed by atoms with Crippen molar-refractivity contribution in [1.82, 2.24) is 0 Å². The first-order chi connectivity index (χ1) is 10.2. The lowest BCUT2D eigenvalue weighted by atomic mass is 9.90. The third kappa shape index (κ3) is 1.95. The molecule has 0 spiro atoms. The molecule has 0 aliphatic heterocycles. The van der Waals surface area contributed by atoms with Gasteiger partial charge >= 0.3 is 0 Å². The maximum absolute atomic E-state index is 12.8. The Bertz CT molecular complexity index is 796. The van der Waals surface area contributed by atoms with Crippen LogP contribution in [0.25, 0.3) is 11.2 Å². The fourth-order valence-corrected chi connectivity index (χ4v) is 2.80. The van der Waals surface area contributed by atoms with Gasteiger partial charge in [0.25, 0.3) is 0 Å². The number of carbonyl (C=O) groups excluding carboxylic acids is 1. The van der Waals surface area contributed by atoms with E-state index >= 15 is 0 Å². The first-order valence-electron chi connectivity index (χ1n) is 7.10. The van der Waals surface area contributed by atoms with Gasteiger partial charge in [-0.3, -0.25) is 13.9 Å². The molecule has 0 aliphatic rings. The predicted molar refractivity (Wildman–Crippen MR) is 81.5 cm³/mol. The molecule has 0 unspecified atom stereocenters. The molecule has 0 fully saturated rings. The number of nitrogens with two attached hydrogens (primary N) is 1. The fraction of sp³-hybridized carbons (Fsp3) is 0.235. The van der Waals surface area contributed by atoms with Crippen molar-refractivity contribution in [2.45, 2.75) is 26.7 Å². The second-order valence-electron chi connectivity index (χ2n) is 4.97. The van der Waals surface area contributed by atoms with Crippen molar-refractivity contribution in [3.05, 3.63) is 52.6 Å². The first-order valence-corrected chi connectivity index (χ1v) is 7.10. The number of ketones is 1. The fourth-order valence-electron chi connectivity index (χ4n) is 2.80. The van der Waals surface area contributed by atoms with E-state index in [1.807, 2.05) is 32.0 Å². The second kappa shape index (κ2) is 5.13. The average Bonchev–Trinajstić information content (AvgIpc) is 2.48. The van der Waals surface area contributed by atoms with Crippen LogP contribution >= 0.6 is 0 Å². The Hall–Kier alpha value is -2.49. The van der Waals surface area contributed by atoms with Gasteiger partial charge in [-0.15, -0.1) is 0 Å². The molecule has 0 aliphatic carbocycles. The van der Waals surface area contributed by atoms with E-state index in [4.69, 9.17) is 14.9 Å². The van der Waals surface area contributed by atoms with Crippen LogP contribution < -0.4 is 5.73 Å². The van der Waals surface area contributed by atoms with Crippen LogP contribution in [0.15, 0.2) is 39.5 Å². The van der Waals surface area contributed by atoms with Crippen molar-refractivity contribution in [3.8, 4) is 0 Å². The van der Waals surface area contributed by atoms with Gasteiger partial charge in [-0.05, 0) is 24.0 Å². The Balaban J connectivity index is 2.27. The Labute approximate surface area is 122 Å². The van der Waals surface area contributed by atoms with E-state index in [1.54, 1.807) is 12.1 Å². The number of nitrogen functional groups attached to an aromatic ring is 1. The Morgan fingerprint density at radius 2 is 1.62 bits per heavy atom. The van der Waals surface area contributed by atoms with Crippen molar-refractivity contribution < 1.29 is 13.9 Å². The summed E-state index contributed by atoms with van der Waals surface area (Å²) in [4.78, 5) is 12.8. The number of carbonyl (C=O) groups is 1. The number of anilines is 1. The van der Waals surface area contributed by atoms with Crippen LogP contribution in [0, 0.1) is 0 Å². The summed E-state index contributed by atoms with van der Waals surface area (Å²) in [6.45, 7) is 4.04. The predicted octanol–water partition coefficient (Wildman–Crippen LogP) is 3.96. The number of hydrogen-bond donors (Lipinski definition) is 1. The van der Waals surface area contributed by atoms with Crippen molar-refractivity contribution in [1.29, 1.82) is 0 Å². The molecule has 0 saturated heterocycles. The number of hydrogen-bond acceptors (Lipinski definition) is 4. The highest BCUT2D eigenvalue weighted by Crippen LogP contribution is 2.37. The quantitative estimate of drug-likeness (QED) is 0.447. The lowest BCUT2D eigenvalue weighted by Gasteiger charge is -2.17. The zero-order chi connectivity index (χ0) is 15.0. The molecule has 1 aromatic heterocycles. The third-order valence-electron chi connectivity index (χ3n) is 3.85. The van der Waals surface area contributed by atoms with E-state index in [9.17, 15) is 4.79 Å². The zero-order valence-electron chi connectivity index (χ0n) is 12.1. The summed E-state index contributed by atoms with van der Waals surface area (Å²) in [5.74, 6) is -0.0540. The van der Waals surface area contributed by atoms with E-state index in [0.717, 1.165) is 24.0 Å². The average molecular weight is 283 g/mol. The van der Waals surface area contributed by atoms with Gasteiger partial charge in [0.2, 0.25) is 11.2 Å². The minimum atomic E-state index is -0.0540. The van der Waals surface area contributed by atoms with Gasteiger partial charge in [-0.1, -0.05) is 44.2 Å². The molecule has 4 heteroatoms. The molecule has 4 nitrogen and oxygen atoms in total. The molecule has 21 heavy (non-hydrogen) atoms. The molecule has 0 bridgehead atoms. The largest absolute Gasteiger partial charge is 0.395 e. The van der Waals surface area contributed by atoms with Gasteiger partial charge in [0.1, 0.15) is 0 Å². The van der Waals surface area contributed by atoms with Crippen LogP contribution in [0.4, 0.5) is 5.69 Å². The van der Waals surface area contributed by atoms with Crippen LogP contribution in [-0.4, -0.2) is 5.78 Å². The summed E-state index contributed by atoms with van der Waals surface area (Å²) in [7, 11) is 0. The second-order valence-corrected chi connectivity index (χ2v) is 4.97. The summed E-state index contributed by atoms with van der Waals surface area (Å²) >= 11 is 0. The molecule has 0 radical (unpaired) electrons. The van der Waals surface area contributed by atoms with E-state index in [-0.39, 0.29) is 5.78 Å². The van der Waals surface area contributed by atoms with E-state index in [0.29, 0.717) is 28.0 Å². The van der Waals surface area contributed by atoms with E-state index < -0.39 is 0 Å². The van der Waals surface area contributed by atoms with Crippen molar-refractivity contribution in [2.75, 3.05) is 5.73 Å². The van der Waals surface area contributed by atoms with Gasteiger partial charge < -0.3 is 5.73 Å². The van der Waals surface area contributed by atoms with Crippen LogP contribution in [0.1, 0.15) is 40.9 Å². The zero-order valence-corrected chi connectivity index (χ0v) is 12.1. The van der Waals surface area contributed by atoms with Crippen molar-refractivity contribution in [2.24, 2.45) is 0 Å². The van der Waals surface area contributed by atoms with Gasteiger partial charge in [0.15, 0.2) is 5.78 Å². The van der Waals surface area contributed by atoms with Crippen LogP contribution in [0.2, 0.25) is 0 Å². The molecule has 0 atom stereocenters. The molecule has 2 N–H and O–H groups in total. The third-order valence-corrected chi connectivity index (χ3v) is 3.85. The Kier molecular flexibility index (Phi) is 3.29. The summed E-state index contributed by atoms with van der Waals surface area (Å²) in [6, 6.07) is 9.18. The maximum atomic E-state index is 12.8. The Morgan fingerprint density at radius 1 is 1.00 bits per heavy atom. The van der Waals surface area contributed by atoms with E-state index in [1.165, 1.54) is 0 Å². The molecule has 0 saturated carbocycles. The molecule has 108 valence electrons. The smallest absolute Gasteiger partial charge is 0.249 e. The van der Waals surface area contributed by atoms with Crippen molar-refractivity contribution >= 4 is 22.6 Å². The molecular formula is C17H17NO3. The highest BCUT2D eigenvalue weighted by Gasteiger charge is 2.27. The minimum absolute atomic E-state index is 0.0540. The van der Waals surface area contributed by atoms with Gasteiger partial charge in [0, 0.05) is 5.56 Å². The van der Waals surface area contributed by atoms with Crippen LogP contribution in [-0.2, 0) is 12.8 Å². The minimum Gasteiger partial charge on any atom is -0.395 e. The molecule has 1 heterocycles. The molecule has 2 aromatic carbocycles.